The summed E-state index contributed by atoms with van der Waals surface area (Å²) in [7, 11) is 1.24. The molecule has 1 aromatic carbocycles. The number of nitrogen functional groups attached to an aromatic ring is 1. The Morgan fingerprint density at radius 2 is 2.13 bits per heavy atom. The maximum absolute atomic E-state index is 11.9. The zero-order valence-corrected chi connectivity index (χ0v) is 14.1. The molecule has 1 atom stereocenters. The van der Waals surface area contributed by atoms with E-state index in [1.807, 2.05) is 13.0 Å². The molecular weight excluding hydrogens is 295 g/mol. The lowest BCUT2D eigenvalue weighted by Crippen LogP contribution is -2.41. The summed E-state index contributed by atoms with van der Waals surface area (Å²) in [6.07, 6.45) is 0.705. The van der Waals surface area contributed by atoms with Crippen LogP contribution in [0, 0.1) is 6.92 Å². The monoisotopic (exact) mass is 319 g/mol. The highest BCUT2D eigenvalue weighted by atomic mass is 16.6. The van der Waals surface area contributed by atoms with Gasteiger partial charge in [0.05, 0.1) is 12.6 Å². The van der Waals surface area contributed by atoms with Gasteiger partial charge in [-0.05, 0) is 39.3 Å². The lowest BCUT2D eigenvalue weighted by molar-refractivity contribution is -0.155. The lowest BCUT2D eigenvalue weighted by Gasteiger charge is -2.23. The second-order valence-electron chi connectivity index (χ2n) is 6.29. The zero-order chi connectivity index (χ0) is 17.5. The number of benzene rings is 1. The molecule has 1 aromatic rings. The number of rotatable bonds is 8. The molecule has 0 saturated heterocycles. The summed E-state index contributed by atoms with van der Waals surface area (Å²) in [6.45, 7) is 7.52. The highest BCUT2D eigenvalue weighted by Gasteiger charge is 2.21. The van der Waals surface area contributed by atoms with Gasteiger partial charge in [-0.1, -0.05) is 6.07 Å². The third-order valence-electron chi connectivity index (χ3n) is 2.89. The standard InChI is InChI=1S/C16H24BN2O4/c1-11-5-6-12(18)7-14(11)22-9-13(19-17-10-20)8-15(21)23-16(2,3)4/h5-7,10,13,19H,8-9,18H2,1-4H3/t13-/m1/s1. The molecule has 125 valence electrons. The average molecular weight is 319 g/mol. The van der Waals surface area contributed by atoms with Crippen LogP contribution < -0.4 is 15.7 Å². The van der Waals surface area contributed by atoms with Crippen molar-refractivity contribution >= 4 is 25.3 Å². The molecule has 1 rings (SSSR count). The Balaban J connectivity index is 2.65. The number of nitrogens with two attached hydrogens (primary N) is 1. The Kier molecular flexibility index (Phi) is 7.09. The highest BCUT2D eigenvalue weighted by molar-refractivity contribution is 6.64. The van der Waals surface area contributed by atoms with Crippen molar-refractivity contribution in [3.63, 3.8) is 0 Å². The van der Waals surface area contributed by atoms with Crippen LogP contribution in [0.25, 0.3) is 0 Å². The zero-order valence-electron chi connectivity index (χ0n) is 14.1. The molecule has 0 aromatic heterocycles. The molecule has 0 bridgehead atoms. The van der Waals surface area contributed by atoms with Gasteiger partial charge in [-0.15, -0.1) is 0 Å². The van der Waals surface area contributed by atoms with E-state index in [-0.39, 0.29) is 25.0 Å². The van der Waals surface area contributed by atoms with E-state index < -0.39 is 5.60 Å². The number of hydrogen-bond donors (Lipinski definition) is 2. The Bertz CT molecular complexity index is 543. The van der Waals surface area contributed by atoms with E-state index in [1.54, 1.807) is 32.9 Å². The summed E-state index contributed by atoms with van der Waals surface area (Å²) in [4.78, 5) is 22.4. The van der Waals surface area contributed by atoms with Crippen LogP contribution >= 0.6 is 0 Å². The number of carbonyl (C=O) groups is 2. The largest absolute Gasteiger partial charge is 0.492 e. The van der Waals surface area contributed by atoms with Gasteiger partial charge < -0.3 is 25.2 Å². The summed E-state index contributed by atoms with van der Waals surface area (Å²) >= 11 is 0. The molecule has 1 radical (unpaired) electrons. The summed E-state index contributed by atoms with van der Waals surface area (Å²) in [5, 5.41) is 2.84. The van der Waals surface area contributed by atoms with Crippen LogP contribution in [0.1, 0.15) is 32.8 Å². The molecular formula is C16H24BN2O4. The van der Waals surface area contributed by atoms with Crippen molar-refractivity contribution in [1.82, 2.24) is 5.23 Å². The molecule has 0 unspecified atom stereocenters. The quantitative estimate of drug-likeness (QED) is 0.326. The first kappa shape index (κ1) is 19.0. The minimum Gasteiger partial charge on any atom is -0.492 e. The predicted octanol–water partition coefficient (Wildman–Crippen LogP) is 1.46. The topological polar surface area (TPSA) is 90.7 Å². The first-order valence-corrected chi connectivity index (χ1v) is 7.45. The van der Waals surface area contributed by atoms with Gasteiger partial charge in [0.2, 0.25) is 0 Å². The van der Waals surface area contributed by atoms with Crippen molar-refractivity contribution in [1.29, 1.82) is 0 Å². The van der Waals surface area contributed by atoms with E-state index >= 15 is 0 Å². The molecule has 0 saturated carbocycles. The van der Waals surface area contributed by atoms with Crippen LogP contribution in [0.15, 0.2) is 18.2 Å². The maximum atomic E-state index is 11.9. The average Bonchev–Trinajstić information content (AvgIpc) is 2.43. The van der Waals surface area contributed by atoms with Gasteiger partial charge in [-0.2, -0.15) is 0 Å². The molecule has 3 N–H and O–H groups in total. The number of esters is 1. The van der Waals surface area contributed by atoms with E-state index in [0.717, 1.165) is 5.56 Å². The van der Waals surface area contributed by atoms with Crippen molar-refractivity contribution in [3.05, 3.63) is 23.8 Å². The summed E-state index contributed by atoms with van der Waals surface area (Å²) in [5.74, 6) is 0.286. The normalized spacial score (nSPS) is 12.3. The predicted molar refractivity (Wildman–Crippen MR) is 91.0 cm³/mol. The molecule has 0 aliphatic heterocycles. The molecule has 0 aliphatic carbocycles. The SMILES string of the molecule is Cc1ccc(N)cc1OC[C@@H](CC(=O)OC(C)(C)C)N[B]C=O. The van der Waals surface area contributed by atoms with Crippen LogP contribution in [0.2, 0.25) is 0 Å². The second-order valence-corrected chi connectivity index (χ2v) is 6.29. The van der Waals surface area contributed by atoms with E-state index in [4.69, 9.17) is 15.2 Å². The van der Waals surface area contributed by atoms with Gasteiger partial charge in [-0.3, -0.25) is 4.79 Å². The molecule has 0 fully saturated rings. The lowest BCUT2D eigenvalue weighted by atomic mass is 9.96. The minimum absolute atomic E-state index is 0.0863. The molecule has 6 nitrogen and oxygen atoms in total. The van der Waals surface area contributed by atoms with Gasteiger partial charge in [0.15, 0.2) is 0 Å². The van der Waals surface area contributed by atoms with Crippen LogP contribution in [0.3, 0.4) is 0 Å². The number of ether oxygens (including phenoxy) is 2. The molecule has 7 heteroatoms. The molecule has 0 aliphatic rings. The van der Waals surface area contributed by atoms with Crippen molar-refractivity contribution in [3.8, 4) is 5.75 Å². The van der Waals surface area contributed by atoms with Gasteiger partial charge >= 0.3 is 5.97 Å². The molecule has 0 heterocycles. The summed E-state index contributed by atoms with van der Waals surface area (Å²) in [5.41, 5.74) is 6.73. The minimum atomic E-state index is -0.554. The van der Waals surface area contributed by atoms with Crippen LogP contribution in [-0.2, 0) is 14.3 Å². The van der Waals surface area contributed by atoms with E-state index in [9.17, 15) is 9.59 Å². The number of carbonyl (C=O) groups excluding carboxylic acids is 2. The summed E-state index contributed by atoms with van der Waals surface area (Å²) in [6, 6.07) is 5.00. The molecule has 23 heavy (non-hydrogen) atoms. The third-order valence-corrected chi connectivity index (χ3v) is 2.89. The fourth-order valence-electron chi connectivity index (χ4n) is 1.89. The first-order chi connectivity index (χ1) is 10.7. The number of anilines is 1. The van der Waals surface area contributed by atoms with Crippen molar-refractivity contribution in [2.75, 3.05) is 12.3 Å². The summed E-state index contributed by atoms with van der Waals surface area (Å²) < 4.78 is 11.0. The molecule has 0 spiro atoms. The Morgan fingerprint density at radius 3 is 2.74 bits per heavy atom. The highest BCUT2D eigenvalue weighted by Crippen LogP contribution is 2.21. The van der Waals surface area contributed by atoms with Crippen molar-refractivity contribution in [2.45, 2.75) is 45.8 Å². The van der Waals surface area contributed by atoms with Gasteiger partial charge in [0.1, 0.15) is 18.0 Å². The fraction of sp³-hybridized carbons (Fsp3) is 0.500. The number of nitrogens with one attached hydrogen (secondary N) is 1. The van der Waals surface area contributed by atoms with Crippen LogP contribution in [0.5, 0.6) is 5.75 Å². The van der Waals surface area contributed by atoms with E-state index in [0.29, 0.717) is 17.6 Å². The first-order valence-electron chi connectivity index (χ1n) is 7.45. The number of hydrogen-bond acceptors (Lipinski definition) is 6. The third kappa shape index (κ3) is 7.69. The van der Waals surface area contributed by atoms with Gasteiger partial charge in [0.25, 0.3) is 7.41 Å². The smallest absolute Gasteiger partial charge is 0.307 e. The van der Waals surface area contributed by atoms with Gasteiger partial charge in [-0.25, -0.2) is 0 Å². The second kappa shape index (κ2) is 8.57. The Morgan fingerprint density at radius 1 is 1.43 bits per heavy atom. The van der Waals surface area contributed by atoms with Crippen LogP contribution in [-0.4, -0.2) is 37.8 Å². The molecule has 0 amide bonds. The fourth-order valence-corrected chi connectivity index (χ4v) is 1.89. The van der Waals surface area contributed by atoms with Crippen molar-refractivity contribution in [2.24, 2.45) is 0 Å². The Labute approximate surface area is 138 Å². The van der Waals surface area contributed by atoms with E-state index in [1.165, 1.54) is 7.41 Å². The Hall–Kier alpha value is -2.02. The van der Waals surface area contributed by atoms with Crippen LogP contribution in [0.4, 0.5) is 5.69 Å². The van der Waals surface area contributed by atoms with Crippen molar-refractivity contribution < 1.29 is 19.1 Å². The van der Waals surface area contributed by atoms with Gasteiger partial charge in [0, 0.05) is 17.8 Å². The van der Waals surface area contributed by atoms with E-state index in [2.05, 4.69) is 5.23 Å². The number of aryl methyl sites for hydroxylation is 1. The maximum Gasteiger partial charge on any atom is 0.307 e.